The molecule has 0 saturated carbocycles. The Kier molecular flexibility index (Phi) is 3.68. The van der Waals surface area contributed by atoms with Crippen molar-refractivity contribution >= 4 is 5.91 Å². The average molecular weight is 285 g/mol. The van der Waals surface area contributed by atoms with Gasteiger partial charge in [0.05, 0.1) is 11.9 Å². The Morgan fingerprint density at radius 1 is 1.19 bits per heavy atom. The summed E-state index contributed by atoms with van der Waals surface area (Å²) in [6.45, 7) is 3.33. The van der Waals surface area contributed by atoms with E-state index >= 15 is 0 Å². The molecule has 1 N–H and O–H groups in total. The number of fused-ring (bicyclic) bond motifs is 1. The molecule has 0 spiro atoms. The Bertz CT molecular complexity index is 656. The van der Waals surface area contributed by atoms with E-state index < -0.39 is 0 Å². The zero-order valence-corrected chi connectivity index (χ0v) is 11.6. The second kappa shape index (κ2) is 5.78. The zero-order valence-electron chi connectivity index (χ0n) is 11.6. The van der Waals surface area contributed by atoms with E-state index in [1.807, 2.05) is 25.1 Å². The summed E-state index contributed by atoms with van der Waals surface area (Å²) < 4.78 is 11.0. The summed E-state index contributed by atoms with van der Waals surface area (Å²) in [4.78, 5) is 20.0. The number of ether oxygens (including phenoxy) is 2. The van der Waals surface area contributed by atoms with E-state index in [0.717, 1.165) is 17.0 Å². The second-order valence-electron chi connectivity index (χ2n) is 4.70. The molecule has 0 aliphatic carbocycles. The molecule has 0 saturated heterocycles. The summed E-state index contributed by atoms with van der Waals surface area (Å²) >= 11 is 0. The minimum atomic E-state index is -0.252. The predicted molar refractivity (Wildman–Crippen MR) is 75.4 cm³/mol. The Balaban J connectivity index is 1.64. The van der Waals surface area contributed by atoms with Crippen LogP contribution < -0.4 is 14.8 Å². The first-order valence-corrected chi connectivity index (χ1v) is 6.68. The fraction of sp³-hybridized carbons (Fsp3) is 0.267. The number of rotatable bonds is 3. The molecule has 2 heterocycles. The Morgan fingerprint density at radius 3 is 2.76 bits per heavy atom. The quantitative estimate of drug-likeness (QED) is 0.924. The molecule has 108 valence electrons. The van der Waals surface area contributed by atoms with Crippen LogP contribution in [0.25, 0.3) is 0 Å². The van der Waals surface area contributed by atoms with Gasteiger partial charge in [0.15, 0.2) is 11.5 Å². The van der Waals surface area contributed by atoms with Gasteiger partial charge in [-0.3, -0.25) is 9.78 Å². The van der Waals surface area contributed by atoms with Gasteiger partial charge >= 0.3 is 0 Å². The lowest BCUT2D eigenvalue weighted by atomic mass is 10.2. The van der Waals surface area contributed by atoms with Gasteiger partial charge in [0, 0.05) is 12.7 Å². The number of benzene rings is 1. The van der Waals surface area contributed by atoms with E-state index in [4.69, 9.17) is 9.47 Å². The van der Waals surface area contributed by atoms with Gasteiger partial charge in [-0.25, -0.2) is 4.98 Å². The third kappa shape index (κ3) is 3.10. The summed E-state index contributed by atoms with van der Waals surface area (Å²) in [6, 6.07) is 5.62. The minimum Gasteiger partial charge on any atom is -0.486 e. The van der Waals surface area contributed by atoms with Crippen molar-refractivity contribution in [3.05, 3.63) is 47.5 Å². The molecule has 0 fully saturated rings. The molecule has 0 bridgehead atoms. The molecular weight excluding hydrogens is 270 g/mol. The smallest absolute Gasteiger partial charge is 0.271 e. The largest absolute Gasteiger partial charge is 0.486 e. The van der Waals surface area contributed by atoms with Crippen molar-refractivity contribution in [1.82, 2.24) is 15.3 Å². The van der Waals surface area contributed by atoms with E-state index in [1.54, 1.807) is 6.20 Å². The number of hydrogen-bond donors (Lipinski definition) is 1. The molecule has 1 amide bonds. The van der Waals surface area contributed by atoms with Crippen molar-refractivity contribution in [3.63, 3.8) is 0 Å². The highest BCUT2D eigenvalue weighted by Gasteiger charge is 2.12. The van der Waals surface area contributed by atoms with Crippen molar-refractivity contribution < 1.29 is 14.3 Å². The number of hydrogen-bond acceptors (Lipinski definition) is 5. The first-order chi connectivity index (χ1) is 10.2. The van der Waals surface area contributed by atoms with Crippen LogP contribution in [0.2, 0.25) is 0 Å². The van der Waals surface area contributed by atoms with E-state index in [2.05, 4.69) is 15.3 Å². The Morgan fingerprint density at radius 2 is 2.00 bits per heavy atom. The number of nitrogens with zero attached hydrogens (tertiary/aromatic N) is 2. The maximum Gasteiger partial charge on any atom is 0.271 e. The van der Waals surface area contributed by atoms with Gasteiger partial charge in [-0.2, -0.15) is 0 Å². The molecule has 1 aliphatic rings. The van der Waals surface area contributed by atoms with Gasteiger partial charge in [0.1, 0.15) is 18.9 Å². The van der Waals surface area contributed by atoms with Crippen LogP contribution in [0.1, 0.15) is 21.7 Å². The molecule has 2 aromatic rings. The summed E-state index contributed by atoms with van der Waals surface area (Å²) in [6.07, 6.45) is 3.04. The monoisotopic (exact) mass is 285 g/mol. The standard InChI is InChI=1S/C15H15N3O3/c1-10-7-17-12(9-16-10)15(19)18-8-11-2-3-13-14(6-11)21-5-4-20-13/h2-3,6-7,9H,4-5,8H2,1H3,(H,18,19). The molecule has 21 heavy (non-hydrogen) atoms. The van der Waals surface area contributed by atoms with Gasteiger partial charge in [-0.15, -0.1) is 0 Å². The molecule has 1 aromatic heterocycles. The molecule has 0 radical (unpaired) electrons. The normalized spacial score (nSPS) is 12.8. The highest BCUT2D eigenvalue weighted by molar-refractivity contribution is 5.91. The van der Waals surface area contributed by atoms with Crippen LogP contribution in [-0.2, 0) is 6.54 Å². The average Bonchev–Trinajstić information content (AvgIpc) is 2.53. The summed E-state index contributed by atoms with van der Waals surface area (Å²) in [7, 11) is 0. The SMILES string of the molecule is Cc1cnc(C(=O)NCc2ccc3c(c2)OCCO3)cn1. The topological polar surface area (TPSA) is 73.3 Å². The van der Waals surface area contributed by atoms with Crippen molar-refractivity contribution in [3.8, 4) is 11.5 Å². The minimum absolute atomic E-state index is 0.252. The number of carbonyl (C=O) groups excluding carboxylic acids is 1. The van der Waals surface area contributed by atoms with Gasteiger partial charge in [-0.1, -0.05) is 6.07 Å². The fourth-order valence-electron chi connectivity index (χ4n) is 1.98. The number of aryl methyl sites for hydroxylation is 1. The van der Waals surface area contributed by atoms with Crippen molar-refractivity contribution in [2.24, 2.45) is 0 Å². The van der Waals surface area contributed by atoms with Crippen LogP contribution in [0.4, 0.5) is 0 Å². The second-order valence-corrected chi connectivity index (χ2v) is 4.70. The highest BCUT2D eigenvalue weighted by atomic mass is 16.6. The summed E-state index contributed by atoms with van der Waals surface area (Å²) in [5.41, 5.74) is 2.02. The molecule has 3 rings (SSSR count). The van der Waals surface area contributed by atoms with Crippen molar-refractivity contribution in [2.75, 3.05) is 13.2 Å². The molecule has 6 heteroatoms. The van der Waals surface area contributed by atoms with Crippen molar-refractivity contribution in [1.29, 1.82) is 0 Å². The van der Waals surface area contributed by atoms with Gasteiger partial charge in [0.2, 0.25) is 0 Å². The first-order valence-electron chi connectivity index (χ1n) is 6.68. The molecule has 1 aromatic carbocycles. The molecule has 6 nitrogen and oxygen atoms in total. The predicted octanol–water partition coefficient (Wildman–Crippen LogP) is 1.49. The number of nitrogens with one attached hydrogen (secondary N) is 1. The lowest BCUT2D eigenvalue weighted by Crippen LogP contribution is -2.24. The zero-order chi connectivity index (χ0) is 14.7. The highest BCUT2D eigenvalue weighted by Crippen LogP contribution is 2.30. The molecular formula is C15H15N3O3. The van der Waals surface area contributed by atoms with Gasteiger partial charge in [-0.05, 0) is 24.6 Å². The lowest BCUT2D eigenvalue weighted by Gasteiger charge is -2.18. The lowest BCUT2D eigenvalue weighted by molar-refractivity contribution is 0.0945. The number of aromatic nitrogens is 2. The van der Waals surface area contributed by atoms with Crippen LogP contribution in [0.5, 0.6) is 11.5 Å². The fourth-order valence-corrected chi connectivity index (χ4v) is 1.98. The Labute approximate surface area is 122 Å². The molecule has 1 aliphatic heterocycles. The summed E-state index contributed by atoms with van der Waals surface area (Å²) in [5, 5.41) is 2.80. The van der Waals surface area contributed by atoms with Gasteiger partial charge in [0.25, 0.3) is 5.91 Å². The van der Waals surface area contributed by atoms with Crippen LogP contribution in [-0.4, -0.2) is 29.1 Å². The van der Waals surface area contributed by atoms with Crippen LogP contribution >= 0.6 is 0 Å². The Hall–Kier alpha value is -2.63. The summed E-state index contributed by atoms with van der Waals surface area (Å²) in [5.74, 6) is 1.20. The maximum atomic E-state index is 11.9. The third-order valence-corrected chi connectivity index (χ3v) is 3.07. The van der Waals surface area contributed by atoms with Crippen molar-refractivity contribution in [2.45, 2.75) is 13.5 Å². The van der Waals surface area contributed by atoms with Crippen LogP contribution in [0.3, 0.4) is 0 Å². The third-order valence-electron chi connectivity index (χ3n) is 3.07. The van der Waals surface area contributed by atoms with E-state index in [0.29, 0.717) is 31.2 Å². The van der Waals surface area contributed by atoms with E-state index in [1.165, 1.54) is 6.20 Å². The van der Waals surface area contributed by atoms with E-state index in [-0.39, 0.29) is 5.91 Å². The number of carbonyl (C=O) groups is 1. The number of amides is 1. The van der Waals surface area contributed by atoms with Crippen LogP contribution in [0.15, 0.2) is 30.6 Å². The van der Waals surface area contributed by atoms with E-state index in [9.17, 15) is 4.79 Å². The first kappa shape index (κ1) is 13.4. The van der Waals surface area contributed by atoms with Gasteiger partial charge < -0.3 is 14.8 Å². The maximum absolute atomic E-state index is 11.9. The molecule has 0 unspecified atom stereocenters. The molecule has 0 atom stereocenters. The van der Waals surface area contributed by atoms with Crippen LogP contribution in [0, 0.1) is 6.92 Å².